The zero-order valence-electron chi connectivity index (χ0n) is 13.4. The standard InChI is InChI=1S/C18H20N2O3/c1-17(2)18(23-3,15-12-8-5-9-13-15)20(22)16(19(17)21)14-10-6-4-7-11-14/h4-13,19H,1-3H3. The number of methoxy groups -OCH3 is 1. The van der Waals surface area contributed by atoms with E-state index in [-0.39, 0.29) is 10.9 Å². The van der Waals surface area contributed by atoms with E-state index in [4.69, 9.17) is 4.74 Å². The molecule has 1 aliphatic heterocycles. The second-order valence-electron chi connectivity index (χ2n) is 6.18. The van der Waals surface area contributed by atoms with E-state index in [2.05, 4.69) is 0 Å². The molecule has 0 radical (unpaired) electrons. The molecule has 0 saturated carbocycles. The number of quaternary nitrogens is 1. The summed E-state index contributed by atoms with van der Waals surface area (Å²) in [4.78, 5) is 0. The van der Waals surface area contributed by atoms with Crippen molar-refractivity contribution in [3.63, 3.8) is 0 Å². The van der Waals surface area contributed by atoms with E-state index in [0.717, 1.165) is 4.74 Å². The third-order valence-corrected chi connectivity index (χ3v) is 4.63. The third-order valence-electron chi connectivity index (χ3n) is 4.63. The van der Waals surface area contributed by atoms with Gasteiger partial charge in [-0.1, -0.05) is 36.4 Å². The summed E-state index contributed by atoms with van der Waals surface area (Å²) in [6.07, 6.45) is 0. The van der Waals surface area contributed by atoms with Crippen LogP contribution in [0.2, 0.25) is 0 Å². The van der Waals surface area contributed by atoms with Gasteiger partial charge < -0.3 is 15.2 Å². The number of nitrogens with zero attached hydrogens (tertiary/aromatic N) is 1. The Bertz CT molecular complexity index is 728. The number of hydroxylamine groups is 3. The van der Waals surface area contributed by atoms with Gasteiger partial charge in [-0.2, -0.15) is 0 Å². The number of hydrogen-bond donors (Lipinski definition) is 1. The van der Waals surface area contributed by atoms with Crippen molar-refractivity contribution in [1.29, 1.82) is 0 Å². The molecule has 2 aromatic rings. The Morgan fingerprint density at radius 1 is 0.957 bits per heavy atom. The molecular weight excluding hydrogens is 292 g/mol. The van der Waals surface area contributed by atoms with Gasteiger partial charge in [0.15, 0.2) is 5.54 Å². The number of hydrogen-bond acceptors (Lipinski definition) is 3. The minimum atomic E-state index is -1.38. The van der Waals surface area contributed by atoms with Crippen LogP contribution in [0.4, 0.5) is 0 Å². The number of ether oxygens (including phenoxy) is 1. The van der Waals surface area contributed by atoms with E-state index < -0.39 is 11.3 Å². The Morgan fingerprint density at radius 2 is 1.48 bits per heavy atom. The van der Waals surface area contributed by atoms with Gasteiger partial charge in [0.2, 0.25) is 0 Å². The van der Waals surface area contributed by atoms with Crippen LogP contribution in [0, 0.1) is 10.4 Å². The van der Waals surface area contributed by atoms with Crippen molar-refractivity contribution in [2.45, 2.75) is 25.1 Å². The van der Waals surface area contributed by atoms with Crippen molar-refractivity contribution in [2.24, 2.45) is 0 Å². The molecule has 2 unspecified atom stereocenters. The predicted octanol–water partition coefficient (Wildman–Crippen LogP) is 1.62. The Morgan fingerprint density at radius 3 is 2.00 bits per heavy atom. The fourth-order valence-electron chi connectivity index (χ4n) is 3.40. The summed E-state index contributed by atoms with van der Waals surface area (Å²) in [6, 6.07) is 18.2. The maximum Gasteiger partial charge on any atom is 0.384 e. The smallest absolute Gasteiger partial charge is 0.384 e. The molecule has 1 N–H and O–H groups in total. The van der Waals surface area contributed by atoms with Crippen LogP contribution in [0.15, 0.2) is 60.7 Å². The molecule has 0 saturated heterocycles. The van der Waals surface area contributed by atoms with Crippen LogP contribution in [-0.2, 0) is 10.5 Å². The Labute approximate surface area is 135 Å². The quantitative estimate of drug-likeness (QED) is 0.692. The van der Waals surface area contributed by atoms with Gasteiger partial charge in [-0.3, -0.25) is 5.06 Å². The average Bonchev–Trinajstić information content (AvgIpc) is 2.72. The van der Waals surface area contributed by atoms with Gasteiger partial charge in [0.1, 0.15) is 5.56 Å². The van der Waals surface area contributed by atoms with Gasteiger partial charge in [0.05, 0.1) is 5.56 Å². The van der Waals surface area contributed by atoms with E-state index in [1.165, 1.54) is 7.11 Å². The summed E-state index contributed by atoms with van der Waals surface area (Å²) in [5, 5.41) is 26.0. The molecular formula is C18H20N2O3. The molecule has 0 aromatic heterocycles. The first kappa shape index (κ1) is 15.7. The highest BCUT2D eigenvalue weighted by molar-refractivity contribution is 5.89. The second-order valence-corrected chi connectivity index (χ2v) is 6.18. The van der Waals surface area contributed by atoms with Crippen molar-refractivity contribution in [3.05, 3.63) is 82.2 Å². The van der Waals surface area contributed by atoms with E-state index in [1.54, 1.807) is 26.0 Å². The monoisotopic (exact) mass is 312 g/mol. The van der Waals surface area contributed by atoms with Crippen LogP contribution >= 0.6 is 0 Å². The first-order chi connectivity index (χ1) is 11.0. The highest BCUT2D eigenvalue weighted by atomic mass is 16.6. The van der Waals surface area contributed by atoms with Crippen molar-refractivity contribution in [2.75, 3.05) is 7.11 Å². The van der Waals surface area contributed by atoms with E-state index in [1.807, 2.05) is 48.5 Å². The normalized spacial score (nSPS) is 26.5. The fourth-order valence-corrected chi connectivity index (χ4v) is 3.40. The maximum atomic E-state index is 13.2. The van der Waals surface area contributed by atoms with E-state index in [9.17, 15) is 10.4 Å². The average molecular weight is 312 g/mol. The molecule has 0 amide bonds. The summed E-state index contributed by atoms with van der Waals surface area (Å²) in [6.45, 7) is 3.51. The first-order valence-electron chi connectivity index (χ1n) is 7.52. The SMILES string of the molecule is COC1(c2ccccc2)[N+]([O-])=C(c2ccccc2)[NH+]([O-])C1(C)C. The molecule has 120 valence electrons. The van der Waals surface area contributed by atoms with Gasteiger partial charge in [0, 0.05) is 21.0 Å². The second kappa shape index (κ2) is 5.45. The highest BCUT2D eigenvalue weighted by Crippen LogP contribution is 2.38. The van der Waals surface area contributed by atoms with Crippen molar-refractivity contribution in [3.8, 4) is 0 Å². The lowest BCUT2D eigenvalue weighted by Gasteiger charge is -2.37. The molecule has 1 aliphatic rings. The third kappa shape index (κ3) is 2.01. The zero-order valence-corrected chi connectivity index (χ0v) is 13.4. The van der Waals surface area contributed by atoms with Crippen molar-refractivity contribution in [1.82, 2.24) is 0 Å². The summed E-state index contributed by atoms with van der Waals surface area (Å²) >= 11 is 0. The molecule has 1 heterocycles. The predicted molar refractivity (Wildman–Crippen MR) is 87.7 cm³/mol. The fraction of sp³-hybridized carbons (Fsp3) is 0.278. The summed E-state index contributed by atoms with van der Waals surface area (Å²) in [7, 11) is 1.47. The molecule has 0 bridgehead atoms. The Kier molecular flexibility index (Phi) is 3.72. The minimum absolute atomic E-state index is 0.140. The van der Waals surface area contributed by atoms with E-state index in [0.29, 0.717) is 11.1 Å². The van der Waals surface area contributed by atoms with Crippen LogP contribution in [0.3, 0.4) is 0 Å². The Hall–Kier alpha value is -2.21. The van der Waals surface area contributed by atoms with Crippen LogP contribution in [0.5, 0.6) is 0 Å². The van der Waals surface area contributed by atoms with Gasteiger partial charge >= 0.3 is 11.6 Å². The lowest BCUT2D eigenvalue weighted by molar-refractivity contribution is -0.814. The lowest BCUT2D eigenvalue weighted by Crippen LogP contribution is -3.17. The molecule has 23 heavy (non-hydrogen) atoms. The molecule has 5 nitrogen and oxygen atoms in total. The molecule has 0 fully saturated rings. The summed E-state index contributed by atoms with van der Waals surface area (Å²) in [5.41, 5.74) is -1.12. The van der Waals surface area contributed by atoms with Gasteiger partial charge in [-0.25, -0.2) is 0 Å². The largest absolute Gasteiger partial charge is 0.624 e. The zero-order chi connectivity index (χ0) is 16.7. The number of rotatable bonds is 3. The van der Waals surface area contributed by atoms with Crippen LogP contribution in [0.25, 0.3) is 0 Å². The van der Waals surface area contributed by atoms with Crippen LogP contribution < -0.4 is 5.06 Å². The molecule has 2 aromatic carbocycles. The lowest BCUT2D eigenvalue weighted by atomic mass is 9.85. The topological polar surface area (TPSA) is 62.8 Å². The number of nitrogens with one attached hydrogen (secondary N) is 1. The van der Waals surface area contributed by atoms with E-state index >= 15 is 0 Å². The van der Waals surface area contributed by atoms with Gasteiger partial charge in [-0.15, -0.1) is 4.74 Å². The summed E-state index contributed by atoms with van der Waals surface area (Å²) in [5.74, 6) is 0.140. The number of amidine groups is 1. The van der Waals surface area contributed by atoms with Crippen molar-refractivity contribution < 1.29 is 14.5 Å². The maximum absolute atomic E-state index is 13.2. The Balaban J connectivity index is 2.29. The first-order valence-corrected chi connectivity index (χ1v) is 7.52. The van der Waals surface area contributed by atoms with Gasteiger partial charge in [0.25, 0.3) is 0 Å². The highest BCUT2D eigenvalue weighted by Gasteiger charge is 2.68. The van der Waals surface area contributed by atoms with Crippen molar-refractivity contribution >= 4 is 5.84 Å². The van der Waals surface area contributed by atoms with Crippen LogP contribution in [0.1, 0.15) is 25.0 Å². The van der Waals surface area contributed by atoms with Gasteiger partial charge in [-0.05, 0) is 24.3 Å². The molecule has 5 heteroatoms. The minimum Gasteiger partial charge on any atom is -0.624 e. The molecule has 0 aliphatic carbocycles. The molecule has 3 rings (SSSR count). The molecule has 0 spiro atoms. The molecule has 2 atom stereocenters. The van der Waals surface area contributed by atoms with Crippen LogP contribution in [-0.4, -0.2) is 23.2 Å². The summed E-state index contributed by atoms with van der Waals surface area (Å²) < 4.78 is 6.44. The number of benzene rings is 2.